The molecule has 1 nitrogen and oxygen atoms in total. The van der Waals surface area contributed by atoms with Crippen LogP contribution in [0.1, 0.15) is 32.3 Å². The predicted molar refractivity (Wildman–Crippen MR) is 60.8 cm³/mol. The minimum atomic E-state index is 0.805. The largest absolute Gasteiger partial charge is 0.496 e. The number of hydrogen-bond acceptors (Lipinski definition) is 1. The molecule has 14 heavy (non-hydrogen) atoms. The average molecular weight is 192 g/mol. The van der Waals surface area contributed by atoms with Gasteiger partial charge in [0.05, 0.1) is 7.11 Å². The second-order valence-electron chi connectivity index (χ2n) is 3.86. The fraction of sp³-hybridized carbons (Fsp3) is 0.538. The van der Waals surface area contributed by atoms with Crippen molar-refractivity contribution >= 4 is 0 Å². The van der Waals surface area contributed by atoms with Crippen molar-refractivity contribution in [2.24, 2.45) is 5.92 Å². The van der Waals surface area contributed by atoms with Crippen LogP contribution in [0.15, 0.2) is 24.3 Å². The molecule has 0 saturated carbocycles. The highest BCUT2D eigenvalue weighted by atomic mass is 16.5. The van der Waals surface area contributed by atoms with Crippen molar-refractivity contribution in [3.8, 4) is 5.75 Å². The minimum absolute atomic E-state index is 0.805. The van der Waals surface area contributed by atoms with Crippen molar-refractivity contribution in [1.82, 2.24) is 0 Å². The quantitative estimate of drug-likeness (QED) is 0.691. The van der Waals surface area contributed by atoms with E-state index in [0.29, 0.717) is 0 Å². The summed E-state index contributed by atoms with van der Waals surface area (Å²) >= 11 is 0. The molecule has 1 aromatic rings. The molecule has 0 aromatic heterocycles. The number of aryl methyl sites for hydroxylation is 1. The molecule has 1 aromatic carbocycles. The standard InChI is InChI=1S/C13H20O/c1-4-11(2)9-10-12-7-5-6-8-13(12)14-3/h5-8,11H,4,9-10H2,1-3H3. The molecule has 1 atom stereocenters. The summed E-state index contributed by atoms with van der Waals surface area (Å²) in [6.07, 6.45) is 3.63. The van der Waals surface area contributed by atoms with Crippen molar-refractivity contribution in [1.29, 1.82) is 0 Å². The normalized spacial score (nSPS) is 12.5. The van der Waals surface area contributed by atoms with E-state index in [-0.39, 0.29) is 0 Å². The number of para-hydroxylation sites is 1. The van der Waals surface area contributed by atoms with Crippen LogP contribution in [0.25, 0.3) is 0 Å². The molecular formula is C13H20O. The molecule has 0 heterocycles. The number of methoxy groups -OCH3 is 1. The Labute approximate surface area is 87.1 Å². The maximum atomic E-state index is 5.31. The van der Waals surface area contributed by atoms with Gasteiger partial charge in [-0.3, -0.25) is 0 Å². The number of benzene rings is 1. The fourth-order valence-electron chi connectivity index (χ4n) is 1.52. The van der Waals surface area contributed by atoms with Crippen LogP contribution in [0.2, 0.25) is 0 Å². The third-order valence-corrected chi connectivity index (χ3v) is 2.80. The number of ether oxygens (including phenoxy) is 1. The van der Waals surface area contributed by atoms with Crippen LogP contribution < -0.4 is 4.74 Å². The Morgan fingerprint density at radius 1 is 1.29 bits per heavy atom. The smallest absolute Gasteiger partial charge is 0.122 e. The van der Waals surface area contributed by atoms with Crippen LogP contribution in [0.5, 0.6) is 5.75 Å². The highest BCUT2D eigenvalue weighted by molar-refractivity contribution is 5.33. The Kier molecular flexibility index (Phi) is 4.51. The van der Waals surface area contributed by atoms with Gasteiger partial charge in [0, 0.05) is 0 Å². The van der Waals surface area contributed by atoms with Gasteiger partial charge in [-0.05, 0) is 30.4 Å². The van der Waals surface area contributed by atoms with E-state index in [9.17, 15) is 0 Å². The van der Waals surface area contributed by atoms with E-state index < -0.39 is 0 Å². The Hall–Kier alpha value is -0.980. The maximum Gasteiger partial charge on any atom is 0.122 e. The summed E-state index contributed by atoms with van der Waals surface area (Å²) in [6, 6.07) is 8.28. The summed E-state index contributed by atoms with van der Waals surface area (Å²) in [7, 11) is 1.74. The van der Waals surface area contributed by atoms with Gasteiger partial charge >= 0.3 is 0 Å². The summed E-state index contributed by atoms with van der Waals surface area (Å²) in [5.74, 6) is 1.83. The first-order chi connectivity index (χ1) is 6.77. The van der Waals surface area contributed by atoms with E-state index in [1.54, 1.807) is 7.11 Å². The number of rotatable bonds is 5. The SMILES string of the molecule is CCC(C)CCc1ccccc1OC. The maximum absolute atomic E-state index is 5.31. The Bertz CT molecular complexity index is 268. The van der Waals surface area contributed by atoms with E-state index in [4.69, 9.17) is 4.74 Å². The predicted octanol–water partition coefficient (Wildman–Crippen LogP) is 3.67. The first-order valence-electron chi connectivity index (χ1n) is 5.39. The van der Waals surface area contributed by atoms with Gasteiger partial charge < -0.3 is 4.74 Å². The third-order valence-electron chi connectivity index (χ3n) is 2.80. The van der Waals surface area contributed by atoms with Gasteiger partial charge in [0.1, 0.15) is 5.75 Å². The van der Waals surface area contributed by atoms with E-state index in [2.05, 4.69) is 26.0 Å². The molecule has 1 rings (SSSR count). The van der Waals surface area contributed by atoms with Crippen molar-refractivity contribution in [2.75, 3.05) is 7.11 Å². The molecule has 1 unspecified atom stereocenters. The second kappa shape index (κ2) is 5.69. The van der Waals surface area contributed by atoms with Crippen molar-refractivity contribution < 1.29 is 4.74 Å². The van der Waals surface area contributed by atoms with Gasteiger partial charge in [0.2, 0.25) is 0 Å². The Balaban J connectivity index is 2.57. The molecule has 0 fully saturated rings. The van der Waals surface area contributed by atoms with Crippen LogP contribution in [0, 0.1) is 5.92 Å². The molecule has 0 aliphatic rings. The molecule has 0 aliphatic carbocycles. The Morgan fingerprint density at radius 2 is 2.00 bits per heavy atom. The van der Waals surface area contributed by atoms with Crippen molar-refractivity contribution in [2.45, 2.75) is 33.1 Å². The molecular weight excluding hydrogens is 172 g/mol. The van der Waals surface area contributed by atoms with Crippen LogP contribution in [0.3, 0.4) is 0 Å². The zero-order valence-electron chi connectivity index (χ0n) is 9.42. The summed E-state index contributed by atoms with van der Waals surface area (Å²) < 4.78 is 5.31. The van der Waals surface area contributed by atoms with Gasteiger partial charge in [0.25, 0.3) is 0 Å². The van der Waals surface area contributed by atoms with Gasteiger partial charge in [-0.25, -0.2) is 0 Å². The third kappa shape index (κ3) is 3.06. The summed E-state index contributed by atoms with van der Waals surface area (Å²) in [5.41, 5.74) is 1.33. The molecule has 0 bridgehead atoms. The van der Waals surface area contributed by atoms with E-state index in [1.165, 1.54) is 18.4 Å². The van der Waals surface area contributed by atoms with Gasteiger partial charge in [-0.1, -0.05) is 38.5 Å². The van der Waals surface area contributed by atoms with Crippen LogP contribution in [-0.2, 0) is 6.42 Å². The van der Waals surface area contributed by atoms with E-state index in [1.807, 2.05) is 12.1 Å². The molecule has 0 saturated heterocycles. The molecule has 1 heteroatoms. The first-order valence-corrected chi connectivity index (χ1v) is 5.39. The molecule has 0 radical (unpaired) electrons. The van der Waals surface area contributed by atoms with Gasteiger partial charge in [0.15, 0.2) is 0 Å². The molecule has 78 valence electrons. The molecule has 0 aliphatic heterocycles. The fourth-order valence-corrected chi connectivity index (χ4v) is 1.52. The lowest BCUT2D eigenvalue weighted by Gasteiger charge is -2.10. The zero-order valence-corrected chi connectivity index (χ0v) is 9.42. The summed E-state index contributed by atoms with van der Waals surface area (Å²) in [5, 5.41) is 0. The molecule has 0 N–H and O–H groups in total. The monoisotopic (exact) mass is 192 g/mol. The lowest BCUT2D eigenvalue weighted by Crippen LogP contribution is -1.97. The minimum Gasteiger partial charge on any atom is -0.496 e. The Morgan fingerprint density at radius 3 is 2.64 bits per heavy atom. The molecule has 0 amide bonds. The molecule has 0 spiro atoms. The van der Waals surface area contributed by atoms with Crippen molar-refractivity contribution in [3.05, 3.63) is 29.8 Å². The first kappa shape index (κ1) is 11.1. The lowest BCUT2D eigenvalue weighted by molar-refractivity contribution is 0.406. The highest BCUT2D eigenvalue weighted by Crippen LogP contribution is 2.21. The van der Waals surface area contributed by atoms with Gasteiger partial charge in [-0.2, -0.15) is 0 Å². The van der Waals surface area contributed by atoms with E-state index >= 15 is 0 Å². The summed E-state index contributed by atoms with van der Waals surface area (Å²) in [4.78, 5) is 0. The topological polar surface area (TPSA) is 9.23 Å². The van der Waals surface area contributed by atoms with E-state index in [0.717, 1.165) is 18.1 Å². The van der Waals surface area contributed by atoms with Crippen LogP contribution in [-0.4, -0.2) is 7.11 Å². The second-order valence-corrected chi connectivity index (χ2v) is 3.86. The van der Waals surface area contributed by atoms with Crippen LogP contribution >= 0.6 is 0 Å². The van der Waals surface area contributed by atoms with Gasteiger partial charge in [-0.15, -0.1) is 0 Å². The average Bonchev–Trinajstić information content (AvgIpc) is 2.26. The lowest BCUT2D eigenvalue weighted by atomic mass is 9.99. The number of hydrogen-bond donors (Lipinski definition) is 0. The highest BCUT2D eigenvalue weighted by Gasteiger charge is 2.04. The van der Waals surface area contributed by atoms with Crippen molar-refractivity contribution in [3.63, 3.8) is 0 Å². The zero-order chi connectivity index (χ0) is 10.4. The summed E-state index contributed by atoms with van der Waals surface area (Å²) in [6.45, 7) is 4.54. The van der Waals surface area contributed by atoms with Crippen LogP contribution in [0.4, 0.5) is 0 Å².